The highest BCUT2D eigenvalue weighted by Crippen LogP contribution is 1.92. The highest BCUT2D eigenvalue weighted by Gasteiger charge is 2.02. The summed E-state index contributed by atoms with van der Waals surface area (Å²) in [5.41, 5.74) is 0.970. The number of nitrogens with zero attached hydrogens (tertiary/aromatic N) is 2. The zero-order chi connectivity index (χ0) is 10.4. The highest BCUT2D eigenvalue weighted by atomic mass is 16.5. The molecule has 1 unspecified atom stereocenters. The fraction of sp³-hybridized carbons (Fsp3) is 0.667. The molecule has 0 saturated heterocycles. The van der Waals surface area contributed by atoms with E-state index in [0.717, 1.165) is 5.69 Å². The number of ether oxygens (including phenoxy) is 1. The van der Waals surface area contributed by atoms with Crippen LogP contribution in [0.4, 0.5) is 0 Å². The van der Waals surface area contributed by atoms with Gasteiger partial charge in [-0.2, -0.15) is 5.10 Å². The minimum absolute atomic E-state index is 0.356. The number of methoxy groups -OCH3 is 1. The van der Waals surface area contributed by atoms with E-state index in [1.807, 2.05) is 19.3 Å². The summed E-state index contributed by atoms with van der Waals surface area (Å²) >= 11 is 0. The molecule has 1 rings (SSSR count). The predicted molar refractivity (Wildman–Crippen MR) is 52.8 cm³/mol. The van der Waals surface area contributed by atoms with Crippen molar-refractivity contribution >= 4 is 0 Å². The molecule has 0 radical (unpaired) electrons. The molecule has 14 heavy (non-hydrogen) atoms. The van der Waals surface area contributed by atoms with Gasteiger partial charge in [0.15, 0.2) is 0 Å². The molecular formula is C9H17N3O2. The van der Waals surface area contributed by atoms with Crippen molar-refractivity contribution in [3.8, 4) is 0 Å². The summed E-state index contributed by atoms with van der Waals surface area (Å²) in [5, 5.41) is 16.6. The predicted octanol–water partition coefficient (Wildman–Crippen LogP) is -0.483. The largest absolute Gasteiger partial charge is 0.389 e. The van der Waals surface area contributed by atoms with Gasteiger partial charge in [-0.05, 0) is 6.07 Å². The number of aliphatic hydroxyl groups excluding tert-OH is 1. The third-order valence-electron chi connectivity index (χ3n) is 1.81. The van der Waals surface area contributed by atoms with E-state index in [9.17, 15) is 5.11 Å². The lowest BCUT2D eigenvalue weighted by atomic mass is 10.3. The molecule has 1 atom stereocenters. The summed E-state index contributed by atoms with van der Waals surface area (Å²) in [4.78, 5) is 0. The van der Waals surface area contributed by atoms with Gasteiger partial charge in [-0.1, -0.05) is 0 Å². The van der Waals surface area contributed by atoms with E-state index >= 15 is 0 Å². The molecule has 0 spiro atoms. The summed E-state index contributed by atoms with van der Waals surface area (Å²) in [6, 6.07) is 1.94. The fourth-order valence-electron chi connectivity index (χ4n) is 1.18. The first-order valence-corrected chi connectivity index (χ1v) is 4.58. The smallest absolute Gasteiger partial charge is 0.0897 e. The van der Waals surface area contributed by atoms with Gasteiger partial charge in [-0.25, -0.2) is 0 Å². The maximum Gasteiger partial charge on any atom is 0.0897 e. The van der Waals surface area contributed by atoms with E-state index in [-0.39, 0.29) is 0 Å². The van der Waals surface area contributed by atoms with Gasteiger partial charge >= 0.3 is 0 Å². The molecule has 5 heteroatoms. The summed E-state index contributed by atoms with van der Waals surface area (Å²) in [6.45, 7) is 1.54. The topological polar surface area (TPSA) is 59.3 Å². The third-order valence-corrected chi connectivity index (χ3v) is 1.81. The van der Waals surface area contributed by atoms with E-state index in [1.165, 1.54) is 0 Å². The molecule has 0 aliphatic rings. The number of hydrogen-bond acceptors (Lipinski definition) is 4. The van der Waals surface area contributed by atoms with Crippen molar-refractivity contribution in [3.63, 3.8) is 0 Å². The minimum atomic E-state index is -0.455. The van der Waals surface area contributed by atoms with Crippen molar-refractivity contribution in [1.82, 2.24) is 15.1 Å². The molecule has 0 amide bonds. The minimum Gasteiger partial charge on any atom is -0.389 e. The van der Waals surface area contributed by atoms with Gasteiger partial charge in [0.25, 0.3) is 0 Å². The lowest BCUT2D eigenvalue weighted by molar-refractivity contribution is 0.0643. The normalized spacial score (nSPS) is 13.1. The molecule has 5 nitrogen and oxygen atoms in total. The zero-order valence-electron chi connectivity index (χ0n) is 8.60. The van der Waals surface area contributed by atoms with Crippen molar-refractivity contribution in [2.45, 2.75) is 12.6 Å². The van der Waals surface area contributed by atoms with E-state index in [1.54, 1.807) is 11.8 Å². The van der Waals surface area contributed by atoms with Crippen LogP contribution in [0, 0.1) is 0 Å². The standard InChI is InChI=1S/C9H17N3O2/c1-12-4-3-8(11-12)5-10-6-9(13)7-14-2/h3-4,9-10,13H,5-7H2,1-2H3. The van der Waals surface area contributed by atoms with Crippen LogP contribution in [0.5, 0.6) is 0 Å². The zero-order valence-corrected chi connectivity index (χ0v) is 8.60. The van der Waals surface area contributed by atoms with Gasteiger partial charge in [0, 0.05) is 33.4 Å². The van der Waals surface area contributed by atoms with Crippen molar-refractivity contribution in [2.75, 3.05) is 20.3 Å². The Kier molecular flexibility index (Phi) is 4.58. The molecule has 0 aromatic carbocycles. The van der Waals surface area contributed by atoms with E-state index in [0.29, 0.717) is 19.7 Å². The van der Waals surface area contributed by atoms with E-state index < -0.39 is 6.10 Å². The van der Waals surface area contributed by atoms with E-state index in [2.05, 4.69) is 10.4 Å². The Balaban J connectivity index is 2.15. The summed E-state index contributed by atoms with van der Waals surface area (Å²) in [7, 11) is 3.45. The first-order chi connectivity index (χ1) is 6.72. The second-order valence-corrected chi connectivity index (χ2v) is 3.22. The Bertz CT molecular complexity index is 262. The van der Waals surface area contributed by atoms with Gasteiger partial charge in [0.2, 0.25) is 0 Å². The SMILES string of the molecule is COCC(O)CNCc1ccn(C)n1. The molecule has 0 aliphatic heterocycles. The summed E-state index contributed by atoms with van der Waals surface area (Å²) in [6.07, 6.45) is 1.44. The molecule has 0 saturated carbocycles. The maximum atomic E-state index is 9.32. The van der Waals surface area contributed by atoms with E-state index in [4.69, 9.17) is 4.74 Å². The second-order valence-electron chi connectivity index (χ2n) is 3.22. The van der Waals surface area contributed by atoms with Crippen molar-refractivity contribution in [2.24, 2.45) is 7.05 Å². The summed E-state index contributed by atoms with van der Waals surface area (Å²) in [5.74, 6) is 0. The molecule has 80 valence electrons. The number of aliphatic hydroxyl groups is 1. The molecule has 1 heterocycles. The molecule has 0 aliphatic carbocycles. The Morgan fingerprint density at radius 1 is 1.71 bits per heavy atom. The Morgan fingerprint density at radius 3 is 3.07 bits per heavy atom. The average Bonchev–Trinajstić information content (AvgIpc) is 2.52. The molecule has 2 N–H and O–H groups in total. The second kappa shape index (κ2) is 5.74. The lowest BCUT2D eigenvalue weighted by Gasteiger charge is -2.09. The van der Waals surface area contributed by atoms with Crippen molar-refractivity contribution in [1.29, 1.82) is 0 Å². The molecule has 1 aromatic heterocycles. The van der Waals surface area contributed by atoms with Crippen molar-refractivity contribution in [3.05, 3.63) is 18.0 Å². The van der Waals surface area contributed by atoms with Crippen molar-refractivity contribution < 1.29 is 9.84 Å². The Hall–Kier alpha value is -0.910. The summed E-state index contributed by atoms with van der Waals surface area (Å²) < 4.78 is 6.55. The molecule has 1 aromatic rings. The first kappa shape index (κ1) is 11.2. The number of hydrogen-bond donors (Lipinski definition) is 2. The van der Waals surface area contributed by atoms with Crippen LogP contribution in [0.1, 0.15) is 5.69 Å². The Morgan fingerprint density at radius 2 is 2.50 bits per heavy atom. The molecular weight excluding hydrogens is 182 g/mol. The van der Waals surface area contributed by atoms with Crippen LogP contribution in [-0.2, 0) is 18.3 Å². The van der Waals surface area contributed by atoms with Crippen LogP contribution in [0.2, 0.25) is 0 Å². The maximum absolute atomic E-state index is 9.32. The number of aromatic nitrogens is 2. The monoisotopic (exact) mass is 199 g/mol. The quantitative estimate of drug-likeness (QED) is 0.649. The van der Waals surface area contributed by atoms with Gasteiger partial charge in [-0.3, -0.25) is 4.68 Å². The van der Waals surface area contributed by atoms with Gasteiger partial charge in [-0.15, -0.1) is 0 Å². The van der Waals surface area contributed by atoms with Crippen LogP contribution in [0.15, 0.2) is 12.3 Å². The first-order valence-electron chi connectivity index (χ1n) is 4.58. The van der Waals surface area contributed by atoms with Gasteiger partial charge in [0.1, 0.15) is 0 Å². The number of aryl methyl sites for hydroxylation is 1. The number of nitrogens with one attached hydrogen (secondary N) is 1. The van der Waals surface area contributed by atoms with Crippen LogP contribution in [0.25, 0.3) is 0 Å². The highest BCUT2D eigenvalue weighted by molar-refractivity contribution is 4.97. The Labute approximate surface area is 83.7 Å². The van der Waals surface area contributed by atoms with Crippen LogP contribution < -0.4 is 5.32 Å². The fourth-order valence-corrected chi connectivity index (χ4v) is 1.18. The molecule has 0 bridgehead atoms. The van der Waals surface area contributed by atoms with Gasteiger partial charge < -0.3 is 15.2 Å². The average molecular weight is 199 g/mol. The van der Waals surface area contributed by atoms with Crippen LogP contribution >= 0.6 is 0 Å². The van der Waals surface area contributed by atoms with Crippen LogP contribution in [-0.4, -0.2) is 41.3 Å². The van der Waals surface area contributed by atoms with Gasteiger partial charge in [0.05, 0.1) is 18.4 Å². The molecule has 0 fully saturated rings. The van der Waals surface area contributed by atoms with Crippen LogP contribution in [0.3, 0.4) is 0 Å². The third kappa shape index (κ3) is 3.87. The number of rotatable bonds is 6. The lowest BCUT2D eigenvalue weighted by Crippen LogP contribution is -2.29.